The fourth-order valence-corrected chi connectivity index (χ4v) is 2.86. The first kappa shape index (κ1) is 15.6. The van der Waals surface area contributed by atoms with Crippen molar-refractivity contribution in [1.82, 2.24) is 10.6 Å². The fraction of sp³-hybridized carbons (Fsp3) is 0.316. The molecule has 0 saturated carbocycles. The van der Waals surface area contributed by atoms with Gasteiger partial charge in [-0.15, -0.1) is 0 Å². The van der Waals surface area contributed by atoms with Crippen molar-refractivity contribution in [3.63, 3.8) is 0 Å². The molecule has 1 saturated heterocycles. The molecular weight excluding hydrogens is 288 g/mol. The zero-order chi connectivity index (χ0) is 16.1. The fourth-order valence-electron chi connectivity index (χ4n) is 2.86. The SMILES string of the molecule is COc1cc(-c2ccccc2)ccc1CN[C@@H]1CCC(=O)NC1. The lowest BCUT2D eigenvalue weighted by atomic mass is 10.0. The lowest BCUT2D eigenvalue weighted by molar-refractivity contribution is -0.122. The van der Waals surface area contributed by atoms with Gasteiger partial charge >= 0.3 is 0 Å². The van der Waals surface area contributed by atoms with Crippen LogP contribution in [0.1, 0.15) is 18.4 Å². The Labute approximate surface area is 136 Å². The molecule has 0 bridgehead atoms. The second-order valence-electron chi connectivity index (χ2n) is 5.81. The first-order chi connectivity index (χ1) is 11.3. The molecule has 0 aliphatic carbocycles. The third-order valence-corrected chi connectivity index (χ3v) is 4.24. The molecule has 1 heterocycles. The average molecular weight is 310 g/mol. The van der Waals surface area contributed by atoms with E-state index in [4.69, 9.17) is 4.74 Å². The van der Waals surface area contributed by atoms with Crippen molar-refractivity contribution in [2.75, 3.05) is 13.7 Å². The van der Waals surface area contributed by atoms with Crippen LogP contribution >= 0.6 is 0 Å². The van der Waals surface area contributed by atoms with Crippen LogP contribution in [0.4, 0.5) is 0 Å². The largest absolute Gasteiger partial charge is 0.496 e. The Balaban J connectivity index is 1.69. The molecule has 4 nitrogen and oxygen atoms in total. The molecule has 1 aliphatic heterocycles. The minimum atomic E-state index is 0.146. The maximum atomic E-state index is 11.2. The Morgan fingerprint density at radius 2 is 2.00 bits per heavy atom. The number of ether oxygens (including phenoxy) is 1. The Morgan fingerprint density at radius 1 is 1.17 bits per heavy atom. The molecule has 120 valence electrons. The van der Waals surface area contributed by atoms with Crippen molar-refractivity contribution in [2.45, 2.75) is 25.4 Å². The van der Waals surface area contributed by atoms with Crippen molar-refractivity contribution in [1.29, 1.82) is 0 Å². The molecule has 0 spiro atoms. The molecule has 2 aromatic rings. The highest BCUT2D eigenvalue weighted by Crippen LogP contribution is 2.27. The van der Waals surface area contributed by atoms with E-state index in [1.54, 1.807) is 7.11 Å². The van der Waals surface area contributed by atoms with Gasteiger partial charge in [-0.3, -0.25) is 4.79 Å². The van der Waals surface area contributed by atoms with Crippen LogP contribution in [0.25, 0.3) is 11.1 Å². The maximum Gasteiger partial charge on any atom is 0.220 e. The standard InChI is InChI=1S/C19H22N2O2/c1-23-18-11-15(14-5-3-2-4-6-14)7-8-16(18)12-20-17-9-10-19(22)21-13-17/h2-8,11,17,20H,9-10,12-13H2,1H3,(H,21,22)/t17-/m1/s1. The van der Waals surface area contributed by atoms with Crippen molar-refractivity contribution in [3.8, 4) is 16.9 Å². The molecule has 1 amide bonds. The van der Waals surface area contributed by atoms with Gasteiger partial charge in [-0.2, -0.15) is 0 Å². The number of nitrogens with one attached hydrogen (secondary N) is 2. The van der Waals surface area contributed by atoms with Crippen LogP contribution < -0.4 is 15.4 Å². The monoisotopic (exact) mass is 310 g/mol. The Bertz CT molecular complexity index is 660. The molecule has 3 rings (SSSR count). The third-order valence-electron chi connectivity index (χ3n) is 4.24. The zero-order valence-electron chi connectivity index (χ0n) is 13.3. The second-order valence-corrected chi connectivity index (χ2v) is 5.81. The van der Waals surface area contributed by atoms with Gasteiger partial charge in [-0.1, -0.05) is 42.5 Å². The van der Waals surface area contributed by atoms with Gasteiger partial charge in [0.25, 0.3) is 0 Å². The van der Waals surface area contributed by atoms with Crippen LogP contribution in [0.2, 0.25) is 0 Å². The molecule has 1 fully saturated rings. The van der Waals surface area contributed by atoms with E-state index in [-0.39, 0.29) is 5.91 Å². The van der Waals surface area contributed by atoms with E-state index in [1.165, 1.54) is 5.56 Å². The normalized spacial score (nSPS) is 17.6. The molecule has 0 aromatic heterocycles. The molecule has 2 N–H and O–H groups in total. The van der Waals surface area contributed by atoms with Crippen molar-refractivity contribution in [2.24, 2.45) is 0 Å². The highest BCUT2D eigenvalue weighted by Gasteiger charge is 2.17. The van der Waals surface area contributed by atoms with E-state index in [1.807, 2.05) is 18.2 Å². The summed E-state index contributed by atoms with van der Waals surface area (Å²) in [4.78, 5) is 11.2. The molecule has 4 heteroatoms. The van der Waals surface area contributed by atoms with Crippen LogP contribution in [-0.4, -0.2) is 25.6 Å². The lowest BCUT2D eigenvalue weighted by Crippen LogP contribution is -2.45. The van der Waals surface area contributed by atoms with Crippen molar-refractivity contribution >= 4 is 5.91 Å². The third kappa shape index (κ3) is 3.90. The molecule has 1 aliphatic rings. The van der Waals surface area contributed by atoms with Crippen molar-refractivity contribution < 1.29 is 9.53 Å². The van der Waals surface area contributed by atoms with E-state index in [0.29, 0.717) is 19.0 Å². The first-order valence-corrected chi connectivity index (χ1v) is 7.98. The highest BCUT2D eigenvalue weighted by molar-refractivity contribution is 5.76. The van der Waals surface area contributed by atoms with Gasteiger partial charge in [0.15, 0.2) is 0 Å². The Morgan fingerprint density at radius 3 is 2.70 bits per heavy atom. The summed E-state index contributed by atoms with van der Waals surface area (Å²) in [7, 11) is 1.70. The van der Waals surface area contributed by atoms with Gasteiger partial charge in [0.05, 0.1) is 7.11 Å². The summed E-state index contributed by atoms with van der Waals surface area (Å²) < 4.78 is 5.55. The number of methoxy groups -OCH3 is 1. The molecule has 2 aromatic carbocycles. The Hall–Kier alpha value is -2.33. The van der Waals surface area contributed by atoms with Gasteiger partial charge < -0.3 is 15.4 Å². The number of hydrogen-bond donors (Lipinski definition) is 2. The summed E-state index contributed by atoms with van der Waals surface area (Å²) in [6, 6.07) is 16.9. The van der Waals surface area contributed by atoms with Crippen LogP contribution in [0.15, 0.2) is 48.5 Å². The molecule has 0 unspecified atom stereocenters. The summed E-state index contributed by atoms with van der Waals surface area (Å²) >= 11 is 0. The van der Waals surface area contributed by atoms with E-state index in [2.05, 4.69) is 41.0 Å². The van der Waals surface area contributed by atoms with Crippen LogP contribution in [0.3, 0.4) is 0 Å². The van der Waals surface area contributed by atoms with Gasteiger partial charge in [0.2, 0.25) is 5.91 Å². The predicted octanol–water partition coefficient (Wildman–Crippen LogP) is 2.73. The van der Waals surface area contributed by atoms with Gasteiger partial charge in [-0.25, -0.2) is 0 Å². The number of rotatable bonds is 5. The van der Waals surface area contributed by atoms with E-state index in [9.17, 15) is 4.79 Å². The van der Waals surface area contributed by atoms with Gasteiger partial charge in [-0.05, 0) is 23.6 Å². The van der Waals surface area contributed by atoms with Crippen LogP contribution in [0, 0.1) is 0 Å². The average Bonchev–Trinajstić information content (AvgIpc) is 2.62. The lowest BCUT2D eigenvalue weighted by Gasteiger charge is -2.24. The summed E-state index contributed by atoms with van der Waals surface area (Å²) in [5, 5.41) is 6.39. The highest BCUT2D eigenvalue weighted by atomic mass is 16.5. The van der Waals surface area contributed by atoms with E-state index >= 15 is 0 Å². The maximum absolute atomic E-state index is 11.2. The summed E-state index contributed by atoms with van der Waals surface area (Å²) in [5.41, 5.74) is 3.46. The zero-order valence-corrected chi connectivity index (χ0v) is 13.3. The number of amides is 1. The smallest absolute Gasteiger partial charge is 0.220 e. The predicted molar refractivity (Wildman–Crippen MR) is 91.3 cm³/mol. The molecule has 1 atom stereocenters. The second kappa shape index (κ2) is 7.29. The minimum Gasteiger partial charge on any atom is -0.496 e. The topological polar surface area (TPSA) is 50.4 Å². The number of piperidine rings is 1. The van der Waals surface area contributed by atoms with Crippen LogP contribution in [0.5, 0.6) is 5.75 Å². The van der Waals surface area contributed by atoms with Crippen LogP contribution in [-0.2, 0) is 11.3 Å². The van der Waals surface area contributed by atoms with E-state index in [0.717, 1.165) is 29.8 Å². The molecule has 23 heavy (non-hydrogen) atoms. The Kier molecular flexibility index (Phi) is 4.93. The summed E-state index contributed by atoms with van der Waals surface area (Å²) in [6.45, 7) is 1.43. The van der Waals surface area contributed by atoms with Gasteiger partial charge in [0.1, 0.15) is 5.75 Å². The summed E-state index contributed by atoms with van der Waals surface area (Å²) in [6.07, 6.45) is 1.48. The summed E-state index contributed by atoms with van der Waals surface area (Å²) in [5.74, 6) is 1.03. The number of carbonyl (C=O) groups excluding carboxylic acids is 1. The number of hydrogen-bond acceptors (Lipinski definition) is 3. The number of carbonyl (C=O) groups is 1. The minimum absolute atomic E-state index is 0.146. The van der Waals surface area contributed by atoms with Gasteiger partial charge in [0, 0.05) is 31.1 Å². The first-order valence-electron chi connectivity index (χ1n) is 7.98. The quantitative estimate of drug-likeness (QED) is 0.893. The molecule has 0 radical (unpaired) electrons. The van der Waals surface area contributed by atoms with E-state index < -0.39 is 0 Å². The van der Waals surface area contributed by atoms with Crippen molar-refractivity contribution in [3.05, 3.63) is 54.1 Å². The number of benzene rings is 2. The molecular formula is C19H22N2O2.